The molecule has 0 heterocycles. The number of hydrogen-bond donors (Lipinski definition) is 2. The summed E-state index contributed by atoms with van der Waals surface area (Å²) in [5.74, 6) is 0. The first-order valence-electron chi connectivity index (χ1n) is 6.95. The van der Waals surface area contributed by atoms with Crippen LogP contribution in [-0.4, -0.2) is 24.3 Å². The van der Waals surface area contributed by atoms with Crippen LogP contribution >= 0.6 is 0 Å². The van der Waals surface area contributed by atoms with Crippen molar-refractivity contribution in [2.45, 2.75) is 44.7 Å². The lowest BCUT2D eigenvalue weighted by molar-refractivity contribution is 0.297. The van der Waals surface area contributed by atoms with Gasteiger partial charge in [-0.25, -0.2) is 0 Å². The van der Waals surface area contributed by atoms with E-state index in [1.54, 1.807) is 0 Å². The highest BCUT2D eigenvalue weighted by molar-refractivity contribution is 5.49. The monoisotopic (exact) mass is 248 g/mol. The van der Waals surface area contributed by atoms with Crippen LogP contribution in [0.4, 0.5) is 5.69 Å². The van der Waals surface area contributed by atoms with Gasteiger partial charge in [0.1, 0.15) is 0 Å². The maximum Gasteiger partial charge on any atom is 0.0606 e. The number of rotatable bonds is 5. The van der Waals surface area contributed by atoms with Crippen LogP contribution in [0.1, 0.15) is 44.2 Å². The van der Waals surface area contributed by atoms with Crippen LogP contribution in [0.3, 0.4) is 0 Å². The van der Waals surface area contributed by atoms with E-state index in [9.17, 15) is 5.11 Å². The summed E-state index contributed by atoms with van der Waals surface area (Å²) in [4.78, 5) is 2.35. The molecule has 1 atom stereocenters. The van der Waals surface area contributed by atoms with E-state index in [4.69, 9.17) is 5.73 Å². The number of hydrogen-bond acceptors (Lipinski definition) is 3. The zero-order chi connectivity index (χ0) is 13.0. The molecule has 3 nitrogen and oxygen atoms in total. The molecule has 0 unspecified atom stereocenters. The van der Waals surface area contributed by atoms with E-state index in [-0.39, 0.29) is 12.6 Å². The van der Waals surface area contributed by atoms with Gasteiger partial charge in [-0.05, 0) is 37.5 Å². The summed E-state index contributed by atoms with van der Waals surface area (Å²) in [7, 11) is 0. The summed E-state index contributed by atoms with van der Waals surface area (Å²) in [5.41, 5.74) is 8.24. The van der Waals surface area contributed by atoms with Crippen molar-refractivity contribution in [3.8, 4) is 0 Å². The minimum absolute atomic E-state index is 0.0804. The molecule has 1 aromatic rings. The number of nitrogens with two attached hydrogens (primary N) is 1. The zero-order valence-electron chi connectivity index (χ0n) is 11.2. The minimum atomic E-state index is 0.0804. The highest BCUT2D eigenvalue weighted by Gasteiger charge is 2.22. The lowest BCUT2D eigenvalue weighted by atomic mass is 10.1. The van der Waals surface area contributed by atoms with Gasteiger partial charge >= 0.3 is 0 Å². The smallest absolute Gasteiger partial charge is 0.0606 e. The van der Waals surface area contributed by atoms with E-state index in [1.807, 2.05) is 6.92 Å². The fraction of sp³-hybridized carbons (Fsp3) is 0.600. The van der Waals surface area contributed by atoms with Gasteiger partial charge < -0.3 is 15.7 Å². The van der Waals surface area contributed by atoms with Crippen LogP contribution in [0.15, 0.2) is 24.3 Å². The first-order valence-corrected chi connectivity index (χ1v) is 6.95. The van der Waals surface area contributed by atoms with E-state index in [0.29, 0.717) is 6.04 Å². The largest absolute Gasteiger partial charge is 0.395 e. The predicted molar refractivity (Wildman–Crippen MR) is 75.7 cm³/mol. The number of nitrogens with zero attached hydrogens (tertiary/aromatic N) is 1. The molecule has 1 aliphatic rings. The molecule has 0 amide bonds. The van der Waals surface area contributed by atoms with Gasteiger partial charge in [-0.1, -0.05) is 25.0 Å². The molecule has 1 aliphatic carbocycles. The number of benzene rings is 1. The van der Waals surface area contributed by atoms with Crippen molar-refractivity contribution in [2.24, 2.45) is 5.73 Å². The maximum absolute atomic E-state index is 9.24. The summed E-state index contributed by atoms with van der Waals surface area (Å²) >= 11 is 0. The van der Waals surface area contributed by atoms with E-state index in [0.717, 1.165) is 12.1 Å². The molecular formula is C15H24N2O. The average molecular weight is 248 g/mol. The molecule has 100 valence electrons. The lowest BCUT2D eigenvalue weighted by Gasteiger charge is -2.30. The van der Waals surface area contributed by atoms with Crippen molar-refractivity contribution in [3.05, 3.63) is 29.8 Å². The van der Waals surface area contributed by atoms with Crippen molar-refractivity contribution < 1.29 is 5.11 Å². The van der Waals surface area contributed by atoms with Crippen molar-refractivity contribution in [3.63, 3.8) is 0 Å². The molecule has 1 saturated carbocycles. The van der Waals surface area contributed by atoms with Gasteiger partial charge in [0.15, 0.2) is 0 Å². The van der Waals surface area contributed by atoms with Gasteiger partial charge in [-0.2, -0.15) is 0 Å². The summed E-state index contributed by atoms with van der Waals surface area (Å²) in [6.45, 7) is 2.94. The van der Waals surface area contributed by atoms with E-state index >= 15 is 0 Å². The third kappa shape index (κ3) is 3.03. The molecule has 1 fully saturated rings. The van der Waals surface area contributed by atoms with Crippen LogP contribution in [0.5, 0.6) is 0 Å². The number of aliphatic hydroxyl groups is 1. The summed E-state index contributed by atoms with van der Waals surface area (Å²) < 4.78 is 0. The summed E-state index contributed by atoms with van der Waals surface area (Å²) in [5, 5.41) is 9.24. The highest BCUT2D eigenvalue weighted by atomic mass is 16.3. The summed E-state index contributed by atoms with van der Waals surface area (Å²) in [6.07, 6.45) is 5.11. The molecule has 0 spiro atoms. The Morgan fingerprint density at radius 2 is 1.89 bits per heavy atom. The second-order valence-corrected chi connectivity index (χ2v) is 5.24. The minimum Gasteiger partial charge on any atom is -0.395 e. The van der Waals surface area contributed by atoms with Gasteiger partial charge in [-0.3, -0.25) is 0 Å². The van der Waals surface area contributed by atoms with Crippen molar-refractivity contribution in [1.29, 1.82) is 0 Å². The fourth-order valence-electron chi connectivity index (χ4n) is 2.82. The van der Waals surface area contributed by atoms with Crippen molar-refractivity contribution in [1.82, 2.24) is 0 Å². The molecule has 3 N–H and O–H groups in total. The average Bonchev–Trinajstić information content (AvgIpc) is 2.90. The molecule has 0 saturated heterocycles. The van der Waals surface area contributed by atoms with Gasteiger partial charge in [0.25, 0.3) is 0 Å². The molecule has 0 aliphatic heterocycles. The first-order chi connectivity index (χ1) is 8.72. The zero-order valence-corrected chi connectivity index (χ0v) is 11.2. The van der Waals surface area contributed by atoms with Gasteiger partial charge in [0, 0.05) is 24.3 Å². The third-order valence-electron chi connectivity index (χ3n) is 3.86. The second kappa shape index (κ2) is 6.21. The third-order valence-corrected chi connectivity index (χ3v) is 3.86. The topological polar surface area (TPSA) is 49.5 Å². The Kier molecular flexibility index (Phi) is 4.61. The van der Waals surface area contributed by atoms with Crippen LogP contribution in [0.2, 0.25) is 0 Å². The number of aliphatic hydroxyl groups excluding tert-OH is 1. The lowest BCUT2D eigenvalue weighted by Crippen LogP contribution is -2.35. The quantitative estimate of drug-likeness (QED) is 0.841. The van der Waals surface area contributed by atoms with Gasteiger partial charge in [0.2, 0.25) is 0 Å². The van der Waals surface area contributed by atoms with Gasteiger partial charge in [-0.15, -0.1) is 0 Å². The molecule has 3 heteroatoms. The fourth-order valence-corrected chi connectivity index (χ4v) is 2.82. The summed E-state index contributed by atoms with van der Waals surface area (Å²) in [6, 6.07) is 9.13. The van der Waals surface area contributed by atoms with E-state index in [1.165, 1.54) is 31.4 Å². The van der Waals surface area contributed by atoms with Crippen molar-refractivity contribution >= 4 is 5.69 Å². The Hall–Kier alpha value is -1.06. The molecular weight excluding hydrogens is 224 g/mol. The van der Waals surface area contributed by atoms with Crippen LogP contribution in [0.25, 0.3) is 0 Å². The highest BCUT2D eigenvalue weighted by Crippen LogP contribution is 2.28. The molecule has 0 radical (unpaired) electrons. The predicted octanol–water partition coefficient (Wildman–Crippen LogP) is 2.45. The van der Waals surface area contributed by atoms with Crippen LogP contribution in [0, 0.1) is 0 Å². The van der Waals surface area contributed by atoms with Crippen LogP contribution in [-0.2, 0) is 0 Å². The SMILES string of the molecule is C[C@H](N)c1ccc(N(CCO)C2CCCC2)cc1. The van der Waals surface area contributed by atoms with Crippen LogP contribution < -0.4 is 10.6 Å². The Labute approximate surface area is 110 Å². The second-order valence-electron chi connectivity index (χ2n) is 5.24. The molecule has 0 bridgehead atoms. The Balaban J connectivity index is 2.14. The first kappa shape index (κ1) is 13.4. The molecule has 2 rings (SSSR count). The maximum atomic E-state index is 9.24. The Morgan fingerprint density at radius 1 is 1.28 bits per heavy atom. The molecule has 1 aromatic carbocycles. The Morgan fingerprint density at radius 3 is 2.39 bits per heavy atom. The Bertz CT molecular complexity index is 355. The molecule has 0 aromatic heterocycles. The number of anilines is 1. The van der Waals surface area contributed by atoms with Gasteiger partial charge in [0.05, 0.1) is 6.61 Å². The molecule has 18 heavy (non-hydrogen) atoms. The van der Waals surface area contributed by atoms with E-state index < -0.39 is 0 Å². The van der Waals surface area contributed by atoms with Crippen molar-refractivity contribution in [2.75, 3.05) is 18.1 Å². The van der Waals surface area contributed by atoms with E-state index in [2.05, 4.69) is 29.2 Å². The normalized spacial score (nSPS) is 17.9. The standard InChI is InChI=1S/C15H24N2O/c1-12(16)13-6-8-15(9-7-13)17(10-11-18)14-4-2-3-5-14/h6-9,12,14,18H,2-5,10-11,16H2,1H3/t12-/m0/s1.